The van der Waals surface area contributed by atoms with Crippen molar-refractivity contribution in [3.63, 3.8) is 0 Å². The highest BCUT2D eigenvalue weighted by molar-refractivity contribution is 5.92. The molecule has 1 aromatic carbocycles. The van der Waals surface area contributed by atoms with Gasteiger partial charge >= 0.3 is 0 Å². The standard InChI is InChI=1S/C18H25N3O2/c1-5-11-21(12-6-2)17(22)13-19-15-7-9-16(10-8-15)20-18(23)14(3)4/h5-10,14,19H,1-2,11-13H2,3-4H3,(H,20,23). The average molecular weight is 315 g/mol. The van der Waals surface area contributed by atoms with Gasteiger partial charge in [-0.2, -0.15) is 0 Å². The summed E-state index contributed by atoms with van der Waals surface area (Å²) in [5.41, 5.74) is 1.55. The van der Waals surface area contributed by atoms with Crippen LogP contribution in [0.3, 0.4) is 0 Å². The fourth-order valence-electron chi connectivity index (χ4n) is 1.84. The van der Waals surface area contributed by atoms with E-state index in [2.05, 4.69) is 23.8 Å². The number of benzene rings is 1. The van der Waals surface area contributed by atoms with Crippen molar-refractivity contribution in [3.05, 3.63) is 49.6 Å². The van der Waals surface area contributed by atoms with Crippen LogP contribution in [0.5, 0.6) is 0 Å². The Kier molecular flexibility index (Phi) is 7.60. The van der Waals surface area contributed by atoms with E-state index in [4.69, 9.17) is 0 Å². The molecular weight excluding hydrogens is 290 g/mol. The molecule has 2 amide bonds. The fourth-order valence-corrected chi connectivity index (χ4v) is 1.84. The van der Waals surface area contributed by atoms with Crippen LogP contribution in [0.15, 0.2) is 49.6 Å². The molecule has 0 heterocycles. The van der Waals surface area contributed by atoms with Gasteiger partial charge in [0.1, 0.15) is 0 Å². The van der Waals surface area contributed by atoms with Gasteiger partial charge in [0.15, 0.2) is 0 Å². The van der Waals surface area contributed by atoms with E-state index in [1.54, 1.807) is 29.2 Å². The number of anilines is 2. The van der Waals surface area contributed by atoms with Gasteiger partial charge in [0.05, 0.1) is 6.54 Å². The Morgan fingerprint density at radius 3 is 2.09 bits per heavy atom. The van der Waals surface area contributed by atoms with E-state index >= 15 is 0 Å². The van der Waals surface area contributed by atoms with Crippen molar-refractivity contribution in [3.8, 4) is 0 Å². The molecule has 1 rings (SSSR count). The fraction of sp³-hybridized carbons (Fsp3) is 0.333. The largest absolute Gasteiger partial charge is 0.376 e. The minimum absolute atomic E-state index is 0.0228. The second kappa shape index (κ2) is 9.46. The smallest absolute Gasteiger partial charge is 0.242 e. The minimum Gasteiger partial charge on any atom is -0.376 e. The summed E-state index contributed by atoms with van der Waals surface area (Å²) in [5.74, 6) is -0.113. The van der Waals surface area contributed by atoms with Crippen LogP contribution in [-0.2, 0) is 9.59 Å². The zero-order valence-corrected chi connectivity index (χ0v) is 13.8. The molecule has 0 spiro atoms. The Labute approximate surface area is 138 Å². The Balaban J connectivity index is 2.54. The second-order valence-corrected chi connectivity index (χ2v) is 5.45. The highest BCUT2D eigenvalue weighted by atomic mass is 16.2. The van der Waals surface area contributed by atoms with Crippen molar-refractivity contribution >= 4 is 23.2 Å². The third-order valence-electron chi connectivity index (χ3n) is 3.17. The number of amides is 2. The monoisotopic (exact) mass is 315 g/mol. The van der Waals surface area contributed by atoms with Gasteiger partial charge in [-0.15, -0.1) is 13.2 Å². The van der Waals surface area contributed by atoms with Crippen LogP contribution < -0.4 is 10.6 Å². The summed E-state index contributed by atoms with van der Waals surface area (Å²) in [7, 11) is 0. The van der Waals surface area contributed by atoms with Crippen LogP contribution in [0.4, 0.5) is 11.4 Å². The predicted octanol–water partition coefficient (Wildman–Crippen LogP) is 2.89. The summed E-state index contributed by atoms with van der Waals surface area (Å²) in [4.78, 5) is 25.4. The number of hydrogen-bond donors (Lipinski definition) is 2. The van der Waals surface area contributed by atoms with Crippen molar-refractivity contribution in [1.29, 1.82) is 0 Å². The highest BCUT2D eigenvalue weighted by Gasteiger charge is 2.10. The van der Waals surface area contributed by atoms with Gasteiger partial charge < -0.3 is 15.5 Å². The van der Waals surface area contributed by atoms with Crippen LogP contribution in [0.1, 0.15) is 13.8 Å². The number of carbonyl (C=O) groups is 2. The third kappa shape index (κ3) is 6.38. The first-order valence-electron chi connectivity index (χ1n) is 7.62. The molecule has 0 fully saturated rings. The third-order valence-corrected chi connectivity index (χ3v) is 3.17. The number of carbonyl (C=O) groups excluding carboxylic acids is 2. The SMILES string of the molecule is C=CCN(CC=C)C(=O)CNc1ccc(NC(=O)C(C)C)cc1. The molecule has 0 bridgehead atoms. The Morgan fingerprint density at radius 1 is 1.09 bits per heavy atom. The zero-order chi connectivity index (χ0) is 17.2. The molecule has 124 valence electrons. The summed E-state index contributed by atoms with van der Waals surface area (Å²) < 4.78 is 0. The van der Waals surface area contributed by atoms with Crippen LogP contribution in [0.2, 0.25) is 0 Å². The summed E-state index contributed by atoms with van der Waals surface area (Å²) >= 11 is 0. The van der Waals surface area contributed by atoms with Gasteiger partial charge in [0.25, 0.3) is 0 Å². The molecular formula is C18H25N3O2. The minimum atomic E-state index is -0.0638. The van der Waals surface area contributed by atoms with Crippen LogP contribution in [0.25, 0.3) is 0 Å². The number of hydrogen-bond acceptors (Lipinski definition) is 3. The van der Waals surface area contributed by atoms with Gasteiger partial charge in [-0.1, -0.05) is 26.0 Å². The van der Waals surface area contributed by atoms with Crippen LogP contribution >= 0.6 is 0 Å². The van der Waals surface area contributed by atoms with Crippen molar-refractivity contribution in [2.45, 2.75) is 13.8 Å². The maximum Gasteiger partial charge on any atom is 0.242 e. The number of nitrogens with zero attached hydrogens (tertiary/aromatic N) is 1. The lowest BCUT2D eigenvalue weighted by molar-refractivity contribution is -0.128. The molecule has 0 unspecified atom stereocenters. The van der Waals surface area contributed by atoms with E-state index in [1.165, 1.54) is 0 Å². The molecule has 23 heavy (non-hydrogen) atoms. The first-order valence-corrected chi connectivity index (χ1v) is 7.62. The maximum absolute atomic E-state index is 12.1. The van der Waals surface area contributed by atoms with E-state index in [-0.39, 0.29) is 24.3 Å². The first kappa shape index (κ1) is 18.5. The average Bonchev–Trinajstić information content (AvgIpc) is 2.53. The van der Waals surface area contributed by atoms with E-state index in [9.17, 15) is 9.59 Å². The maximum atomic E-state index is 12.1. The van der Waals surface area contributed by atoms with Crippen LogP contribution in [-0.4, -0.2) is 36.3 Å². The summed E-state index contributed by atoms with van der Waals surface area (Å²) in [6, 6.07) is 7.26. The molecule has 2 N–H and O–H groups in total. The molecule has 0 atom stereocenters. The second-order valence-electron chi connectivity index (χ2n) is 5.45. The molecule has 0 radical (unpaired) electrons. The molecule has 0 aromatic heterocycles. The summed E-state index contributed by atoms with van der Waals surface area (Å²) in [6.45, 7) is 12.2. The van der Waals surface area contributed by atoms with Gasteiger partial charge in [-0.3, -0.25) is 9.59 Å². The van der Waals surface area contributed by atoms with Gasteiger partial charge in [-0.25, -0.2) is 0 Å². The van der Waals surface area contributed by atoms with Crippen molar-refractivity contribution in [2.75, 3.05) is 30.3 Å². The molecule has 1 aromatic rings. The predicted molar refractivity (Wildman–Crippen MR) is 95.4 cm³/mol. The van der Waals surface area contributed by atoms with Crippen molar-refractivity contribution in [1.82, 2.24) is 4.90 Å². The summed E-state index contributed by atoms with van der Waals surface area (Å²) in [6.07, 6.45) is 3.38. The molecule has 5 heteroatoms. The summed E-state index contributed by atoms with van der Waals surface area (Å²) in [5, 5.41) is 5.89. The van der Waals surface area contributed by atoms with Crippen LogP contribution in [0, 0.1) is 5.92 Å². The molecule has 0 saturated heterocycles. The van der Waals surface area contributed by atoms with Gasteiger partial charge in [0.2, 0.25) is 11.8 Å². The van der Waals surface area contributed by atoms with E-state index in [1.807, 2.05) is 26.0 Å². The van der Waals surface area contributed by atoms with E-state index in [0.29, 0.717) is 13.1 Å². The first-order chi connectivity index (χ1) is 11.0. The van der Waals surface area contributed by atoms with E-state index < -0.39 is 0 Å². The lowest BCUT2D eigenvalue weighted by Gasteiger charge is -2.19. The Hall–Kier alpha value is -2.56. The lowest BCUT2D eigenvalue weighted by atomic mass is 10.2. The quantitative estimate of drug-likeness (QED) is 0.689. The normalized spacial score (nSPS) is 10.0. The molecule has 0 aliphatic rings. The topological polar surface area (TPSA) is 61.4 Å². The Bertz CT molecular complexity index is 540. The zero-order valence-electron chi connectivity index (χ0n) is 13.8. The number of nitrogens with one attached hydrogen (secondary N) is 2. The van der Waals surface area contributed by atoms with Gasteiger partial charge in [-0.05, 0) is 24.3 Å². The highest BCUT2D eigenvalue weighted by Crippen LogP contribution is 2.14. The van der Waals surface area contributed by atoms with Crippen molar-refractivity contribution in [2.24, 2.45) is 5.92 Å². The number of rotatable bonds is 9. The molecule has 5 nitrogen and oxygen atoms in total. The molecule has 0 aliphatic carbocycles. The van der Waals surface area contributed by atoms with Gasteiger partial charge in [0, 0.05) is 30.4 Å². The molecule has 0 saturated carbocycles. The molecule has 0 aliphatic heterocycles. The van der Waals surface area contributed by atoms with E-state index in [0.717, 1.165) is 11.4 Å². The Morgan fingerprint density at radius 2 is 1.61 bits per heavy atom. The lowest BCUT2D eigenvalue weighted by Crippen LogP contribution is -2.35. The van der Waals surface area contributed by atoms with Crippen molar-refractivity contribution < 1.29 is 9.59 Å².